The second-order valence-corrected chi connectivity index (χ2v) is 8.96. The highest BCUT2D eigenvalue weighted by atomic mass is 19.1. The van der Waals surface area contributed by atoms with Crippen molar-refractivity contribution in [2.24, 2.45) is 0 Å². The highest BCUT2D eigenvalue weighted by Gasteiger charge is 2.27. The van der Waals surface area contributed by atoms with Gasteiger partial charge in [0.25, 0.3) is 5.91 Å². The summed E-state index contributed by atoms with van der Waals surface area (Å²) >= 11 is 0. The Morgan fingerprint density at radius 1 is 1.17 bits per heavy atom. The Balaban J connectivity index is 1.37. The van der Waals surface area contributed by atoms with Gasteiger partial charge in [-0.25, -0.2) is 9.18 Å². The number of nitrogens with zero attached hydrogens (tertiary/aromatic N) is 4. The van der Waals surface area contributed by atoms with Crippen molar-refractivity contribution >= 4 is 23.7 Å². The molecule has 0 radical (unpaired) electrons. The van der Waals surface area contributed by atoms with E-state index in [4.69, 9.17) is 4.74 Å². The number of rotatable bonds is 5. The monoisotopic (exact) mass is 479 g/mol. The molecule has 3 heterocycles. The number of anilines is 1. The van der Waals surface area contributed by atoms with E-state index in [9.17, 15) is 19.2 Å². The molecular formula is C26H30FN5O3. The van der Waals surface area contributed by atoms with Crippen LogP contribution in [0.2, 0.25) is 0 Å². The van der Waals surface area contributed by atoms with E-state index in [0.717, 1.165) is 42.9 Å². The molecule has 1 aromatic carbocycles. The lowest BCUT2D eigenvalue weighted by Crippen LogP contribution is -2.51. The first-order chi connectivity index (χ1) is 16.9. The van der Waals surface area contributed by atoms with Crippen LogP contribution in [0.5, 0.6) is 0 Å². The number of carbonyl (C=O) groups excluding carboxylic acids is 2. The fraction of sp³-hybridized carbons (Fsp3) is 0.423. The Labute approximate surface area is 204 Å². The van der Waals surface area contributed by atoms with Crippen LogP contribution in [-0.4, -0.2) is 65.2 Å². The first-order valence-corrected chi connectivity index (χ1v) is 11.9. The maximum Gasteiger partial charge on any atom is 0.321 e. The van der Waals surface area contributed by atoms with Crippen molar-refractivity contribution in [2.75, 3.05) is 38.1 Å². The van der Waals surface area contributed by atoms with Gasteiger partial charge in [-0.05, 0) is 68.7 Å². The summed E-state index contributed by atoms with van der Waals surface area (Å²) in [4.78, 5) is 28.8. The SMILES string of the molecule is Cc1cc(/C=C(\C#N)C(=O)N2CCN(C(=O)Nc3ccc(F)cc3)CC2)c(C)n1C[C@@H]1CCCO1. The van der Waals surface area contributed by atoms with Gasteiger partial charge in [0.2, 0.25) is 0 Å². The van der Waals surface area contributed by atoms with Gasteiger partial charge in [0, 0.05) is 56.4 Å². The third-order valence-electron chi connectivity index (χ3n) is 6.62. The second-order valence-electron chi connectivity index (χ2n) is 8.96. The molecule has 35 heavy (non-hydrogen) atoms. The van der Waals surface area contributed by atoms with Crippen molar-refractivity contribution in [3.63, 3.8) is 0 Å². The number of amides is 3. The lowest BCUT2D eigenvalue weighted by Gasteiger charge is -2.34. The van der Waals surface area contributed by atoms with E-state index in [0.29, 0.717) is 31.9 Å². The summed E-state index contributed by atoms with van der Waals surface area (Å²) in [5, 5.41) is 12.4. The summed E-state index contributed by atoms with van der Waals surface area (Å²) in [6.07, 6.45) is 3.97. The molecule has 2 aliphatic heterocycles. The molecular weight excluding hydrogens is 449 g/mol. The fourth-order valence-electron chi connectivity index (χ4n) is 4.56. The molecule has 0 bridgehead atoms. The van der Waals surface area contributed by atoms with Crippen molar-refractivity contribution in [1.82, 2.24) is 14.4 Å². The summed E-state index contributed by atoms with van der Waals surface area (Å²) in [5.74, 6) is -0.712. The van der Waals surface area contributed by atoms with Crippen molar-refractivity contribution in [2.45, 2.75) is 39.3 Å². The molecule has 1 N–H and O–H groups in total. The van der Waals surface area contributed by atoms with E-state index in [1.807, 2.05) is 19.9 Å². The van der Waals surface area contributed by atoms with Gasteiger partial charge in [-0.1, -0.05) is 0 Å². The number of nitrogens with one attached hydrogen (secondary N) is 1. The Morgan fingerprint density at radius 3 is 2.49 bits per heavy atom. The molecule has 4 rings (SSSR count). The van der Waals surface area contributed by atoms with E-state index < -0.39 is 0 Å². The molecule has 2 aliphatic rings. The minimum atomic E-state index is -0.374. The smallest absolute Gasteiger partial charge is 0.321 e. The largest absolute Gasteiger partial charge is 0.376 e. The zero-order valence-corrected chi connectivity index (χ0v) is 20.1. The predicted molar refractivity (Wildman–Crippen MR) is 130 cm³/mol. The molecule has 184 valence electrons. The minimum Gasteiger partial charge on any atom is -0.376 e. The normalized spacial score (nSPS) is 18.5. The number of hydrogen-bond acceptors (Lipinski definition) is 4. The van der Waals surface area contributed by atoms with Crippen LogP contribution in [0.15, 0.2) is 35.9 Å². The molecule has 8 nitrogen and oxygen atoms in total. The zero-order chi connectivity index (χ0) is 24.9. The van der Waals surface area contributed by atoms with E-state index in [1.54, 1.807) is 15.9 Å². The van der Waals surface area contributed by atoms with Gasteiger partial charge in [-0.3, -0.25) is 4.79 Å². The Bertz CT molecular complexity index is 1150. The van der Waals surface area contributed by atoms with Crippen molar-refractivity contribution in [3.05, 3.63) is 58.7 Å². The van der Waals surface area contributed by atoms with Crippen LogP contribution in [0.1, 0.15) is 29.8 Å². The Kier molecular flexibility index (Phi) is 7.51. The van der Waals surface area contributed by atoms with E-state index >= 15 is 0 Å². The highest BCUT2D eigenvalue weighted by molar-refractivity contribution is 6.02. The maximum absolute atomic E-state index is 13.1. The summed E-state index contributed by atoms with van der Waals surface area (Å²) < 4.78 is 21.0. The molecule has 0 spiro atoms. The molecule has 2 fully saturated rings. The highest BCUT2D eigenvalue weighted by Crippen LogP contribution is 2.23. The Hall–Kier alpha value is -3.64. The fourth-order valence-corrected chi connectivity index (χ4v) is 4.56. The molecule has 0 aliphatic carbocycles. The topological polar surface area (TPSA) is 90.6 Å². The van der Waals surface area contributed by atoms with Crippen LogP contribution in [0.25, 0.3) is 6.08 Å². The number of aryl methyl sites for hydroxylation is 1. The Morgan fingerprint density at radius 2 is 1.86 bits per heavy atom. The van der Waals surface area contributed by atoms with Crippen molar-refractivity contribution < 1.29 is 18.7 Å². The number of urea groups is 1. The molecule has 1 aromatic heterocycles. The van der Waals surface area contributed by atoms with E-state index in [-0.39, 0.29) is 29.4 Å². The van der Waals surface area contributed by atoms with Gasteiger partial charge in [-0.15, -0.1) is 0 Å². The molecule has 2 saturated heterocycles. The summed E-state index contributed by atoms with van der Waals surface area (Å²) in [7, 11) is 0. The van der Waals surface area contributed by atoms with Gasteiger partial charge in [-0.2, -0.15) is 5.26 Å². The van der Waals surface area contributed by atoms with Crippen LogP contribution in [0.3, 0.4) is 0 Å². The minimum absolute atomic E-state index is 0.0755. The second kappa shape index (κ2) is 10.7. The number of carbonyl (C=O) groups is 2. The number of hydrogen-bond donors (Lipinski definition) is 1. The van der Waals surface area contributed by atoms with Crippen LogP contribution in [0, 0.1) is 31.0 Å². The lowest BCUT2D eigenvalue weighted by atomic mass is 10.1. The third-order valence-corrected chi connectivity index (χ3v) is 6.62. The average Bonchev–Trinajstić information content (AvgIpc) is 3.47. The van der Waals surface area contributed by atoms with Crippen LogP contribution in [0.4, 0.5) is 14.9 Å². The quantitative estimate of drug-likeness (QED) is 0.523. The standard InChI is InChI=1S/C26H30FN5O3/c1-18-14-20(19(2)32(18)17-24-4-3-13-35-24)15-21(16-28)25(33)30-9-11-31(12-10-30)26(34)29-23-7-5-22(27)6-8-23/h5-8,14-15,24H,3-4,9-13,17H2,1-2H3,(H,29,34)/b21-15+/t24-/m0/s1. The van der Waals surface area contributed by atoms with Gasteiger partial charge >= 0.3 is 6.03 Å². The molecule has 2 aromatic rings. The van der Waals surface area contributed by atoms with E-state index in [1.165, 1.54) is 24.3 Å². The molecule has 3 amide bonds. The third kappa shape index (κ3) is 5.72. The molecule has 1 atom stereocenters. The summed E-state index contributed by atoms with van der Waals surface area (Å²) in [6.45, 7) is 6.91. The number of piperazine rings is 1. The molecule has 0 saturated carbocycles. The van der Waals surface area contributed by atoms with E-state index in [2.05, 4.69) is 16.0 Å². The maximum atomic E-state index is 13.1. The average molecular weight is 480 g/mol. The number of ether oxygens (including phenoxy) is 1. The van der Waals surface area contributed by atoms with Gasteiger partial charge in [0.15, 0.2) is 0 Å². The summed E-state index contributed by atoms with van der Waals surface area (Å²) in [6, 6.07) is 9.29. The summed E-state index contributed by atoms with van der Waals surface area (Å²) in [5.41, 5.74) is 3.49. The zero-order valence-electron chi connectivity index (χ0n) is 20.1. The first-order valence-electron chi connectivity index (χ1n) is 11.9. The number of aromatic nitrogens is 1. The number of halogens is 1. The van der Waals surface area contributed by atoms with Crippen LogP contribution >= 0.6 is 0 Å². The van der Waals surface area contributed by atoms with Crippen LogP contribution < -0.4 is 5.32 Å². The number of nitriles is 1. The van der Waals surface area contributed by atoms with Crippen molar-refractivity contribution in [3.8, 4) is 6.07 Å². The first kappa shape index (κ1) is 24.5. The lowest BCUT2D eigenvalue weighted by molar-refractivity contribution is -0.127. The van der Waals surface area contributed by atoms with Gasteiger partial charge in [0.1, 0.15) is 17.5 Å². The van der Waals surface area contributed by atoms with Crippen LogP contribution in [-0.2, 0) is 16.1 Å². The molecule has 9 heteroatoms. The molecule has 0 unspecified atom stereocenters. The number of benzene rings is 1. The van der Waals surface area contributed by atoms with Crippen molar-refractivity contribution in [1.29, 1.82) is 5.26 Å². The predicted octanol–water partition coefficient (Wildman–Crippen LogP) is 3.71. The van der Waals surface area contributed by atoms with Gasteiger partial charge < -0.3 is 24.4 Å². The van der Waals surface area contributed by atoms with Gasteiger partial charge in [0.05, 0.1) is 6.10 Å².